The maximum Gasteiger partial charge on any atom is 0.160 e. The van der Waals surface area contributed by atoms with Crippen molar-refractivity contribution in [2.45, 2.75) is 24.3 Å². The van der Waals surface area contributed by atoms with Gasteiger partial charge in [0.25, 0.3) is 0 Å². The highest BCUT2D eigenvalue weighted by Gasteiger charge is 2.44. The molecule has 130 valence electrons. The summed E-state index contributed by atoms with van der Waals surface area (Å²) in [5.41, 5.74) is 2.10. The van der Waals surface area contributed by atoms with Crippen molar-refractivity contribution in [2.24, 2.45) is 4.99 Å². The fraction of sp³-hybridized carbons (Fsp3) is 0.368. The second-order valence-corrected chi connectivity index (χ2v) is 7.65. The molecule has 1 saturated heterocycles. The van der Waals surface area contributed by atoms with Crippen molar-refractivity contribution in [3.63, 3.8) is 0 Å². The zero-order valence-electron chi connectivity index (χ0n) is 14.5. The topological polar surface area (TPSA) is 47.0 Å². The second-order valence-electron chi connectivity index (χ2n) is 6.24. The molecule has 6 heteroatoms. The van der Waals surface area contributed by atoms with Crippen LogP contribution in [0.15, 0.2) is 47.6 Å². The van der Waals surface area contributed by atoms with Gasteiger partial charge in [0.1, 0.15) is 17.5 Å². The number of hydrogen-bond donors (Lipinski definition) is 0. The van der Waals surface area contributed by atoms with E-state index in [1.165, 1.54) is 0 Å². The van der Waals surface area contributed by atoms with E-state index in [1.807, 2.05) is 48.3 Å². The molecule has 2 aromatic rings. The van der Waals surface area contributed by atoms with Crippen molar-refractivity contribution in [1.29, 1.82) is 0 Å². The molecule has 0 unspecified atom stereocenters. The first-order chi connectivity index (χ1) is 12.2. The van der Waals surface area contributed by atoms with Crippen molar-refractivity contribution in [3.8, 4) is 11.5 Å². The van der Waals surface area contributed by atoms with Crippen LogP contribution in [0.3, 0.4) is 0 Å². The van der Waals surface area contributed by atoms with E-state index in [-0.39, 0.29) is 12.1 Å². The van der Waals surface area contributed by atoms with E-state index < -0.39 is 0 Å². The van der Waals surface area contributed by atoms with E-state index in [4.69, 9.17) is 14.5 Å². The number of benzene rings is 1. The van der Waals surface area contributed by atoms with Gasteiger partial charge in [-0.1, -0.05) is 24.8 Å². The summed E-state index contributed by atoms with van der Waals surface area (Å²) in [4.78, 5) is 12.0. The molecule has 0 N–H and O–H groups in total. The van der Waals surface area contributed by atoms with Crippen LogP contribution in [-0.4, -0.2) is 41.1 Å². The van der Waals surface area contributed by atoms with Gasteiger partial charge in [0.2, 0.25) is 0 Å². The fourth-order valence-electron chi connectivity index (χ4n) is 3.52. The van der Waals surface area contributed by atoms with Crippen molar-refractivity contribution in [1.82, 2.24) is 9.88 Å². The van der Waals surface area contributed by atoms with Crippen molar-refractivity contribution >= 4 is 16.9 Å². The van der Waals surface area contributed by atoms with Gasteiger partial charge in [-0.25, -0.2) is 0 Å². The van der Waals surface area contributed by atoms with Crippen LogP contribution in [0.2, 0.25) is 0 Å². The van der Waals surface area contributed by atoms with Crippen LogP contribution in [0.1, 0.15) is 30.3 Å². The lowest BCUT2D eigenvalue weighted by Gasteiger charge is -2.28. The molecule has 5 nitrogen and oxygen atoms in total. The monoisotopic (exact) mass is 355 g/mol. The average molecular weight is 355 g/mol. The summed E-state index contributed by atoms with van der Waals surface area (Å²) >= 11 is 1.84. The first-order valence-corrected chi connectivity index (χ1v) is 9.23. The Hall–Kier alpha value is -2.21. The van der Waals surface area contributed by atoms with E-state index in [0.29, 0.717) is 5.25 Å². The number of rotatable bonds is 4. The lowest BCUT2D eigenvalue weighted by atomic mass is 9.95. The van der Waals surface area contributed by atoms with Crippen LogP contribution in [0.4, 0.5) is 0 Å². The van der Waals surface area contributed by atoms with Gasteiger partial charge in [-0.2, -0.15) is 0 Å². The zero-order chi connectivity index (χ0) is 17.4. The van der Waals surface area contributed by atoms with E-state index in [9.17, 15) is 0 Å². The van der Waals surface area contributed by atoms with Gasteiger partial charge < -0.3 is 14.4 Å². The van der Waals surface area contributed by atoms with Gasteiger partial charge >= 0.3 is 0 Å². The first kappa shape index (κ1) is 16.3. The standard InChI is InChI=1S/C19H21N3O2S/c1-12-11-22-18(14-8-7-13(23-2)10-16(14)24-3)17(21-19(22)25-12)15-6-4-5-9-20-15/h4-10,12,17-18H,11H2,1-3H3/t12-,17+,18-/m1/s1. The molecule has 1 aromatic carbocycles. The number of aromatic nitrogens is 1. The van der Waals surface area contributed by atoms with Crippen LogP contribution >= 0.6 is 11.8 Å². The summed E-state index contributed by atoms with van der Waals surface area (Å²) in [5.74, 6) is 1.62. The number of methoxy groups -OCH3 is 2. The first-order valence-electron chi connectivity index (χ1n) is 8.35. The van der Waals surface area contributed by atoms with Crippen LogP contribution in [0, 0.1) is 0 Å². The molecule has 0 saturated carbocycles. The summed E-state index contributed by atoms with van der Waals surface area (Å²) in [5, 5.41) is 1.64. The fourth-order valence-corrected chi connectivity index (χ4v) is 4.61. The van der Waals surface area contributed by atoms with Crippen LogP contribution in [0.25, 0.3) is 0 Å². The molecule has 3 heterocycles. The molecule has 0 spiro atoms. The SMILES string of the molecule is COc1ccc([C@@H]2[C@H](c3ccccn3)N=C3S[C@H](C)CN32)c(OC)c1. The molecule has 0 aliphatic carbocycles. The molecule has 2 aliphatic rings. The van der Waals surface area contributed by atoms with Gasteiger partial charge in [-0.05, 0) is 24.3 Å². The van der Waals surface area contributed by atoms with E-state index in [0.717, 1.165) is 34.5 Å². The van der Waals surface area contributed by atoms with Gasteiger partial charge in [0.05, 0.1) is 26.0 Å². The number of amidine groups is 1. The molecule has 1 aromatic heterocycles. The highest BCUT2D eigenvalue weighted by atomic mass is 32.2. The third kappa shape index (κ3) is 2.84. The summed E-state index contributed by atoms with van der Waals surface area (Å²) in [7, 11) is 3.37. The Kier molecular flexibility index (Phi) is 4.29. The minimum atomic E-state index is -0.0292. The third-order valence-corrected chi connectivity index (χ3v) is 5.74. The molecule has 0 radical (unpaired) electrons. The largest absolute Gasteiger partial charge is 0.497 e. The van der Waals surface area contributed by atoms with E-state index in [2.05, 4.69) is 22.9 Å². The van der Waals surface area contributed by atoms with Gasteiger partial charge in [0.15, 0.2) is 5.17 Å². The number of hydrogen-bond acceptors (Lipinski definition) is 6. The number of nitrogens with zero attached hydrogens (tertiary/aromatic N) is 3. The third-order valence-electron chi connectivity index (χ3n) is 4.64. The molecular formula is C19H21N3O2S. The zero-order valence-corrected chi connectivity index (χ0v) is 15.4. The summed E-state index contributed by atoms with van der Waals surface area (Å²) in [6.07, 6.45) is 1.83. The van der Waals surface area contributed by atoms with Crippen LogP contribution in [0.5, 0.6) is 11.5 Å². The Balaban J connectivity index is 1.80. The van der Waals surface area contributed by atoms with Gasteiger partial charge in [-0.3, -0.25) is 9.98 Å². The average Bonchev–Trinajstić information content (AvgIpc) is 3.17. The Bertz CT molecular complexity index is 797. The predicted molar refractivity (Wildman–Crippen MR) is 100 cm³/mol. The smallest absolute Gasteiger partial charge is 0.160 e. The van der Waals surface area contributed by atoms with Gasteiger partial charge in [-0.15, -0.1) is 0 Å². The number of aliphatic imine (C=N–C) groups is 1. The van der Waals surface area contributed by atoms with E-state index in [1.54, 1.807) is 14.2 Å². The maximum atomic E-state index is 5.67. The highest BCUT2D eigenvalue weighted by Crippen LogP contribution is 2.49. The molecule has 4 rings (SSSR count). The maximum absolute atomic E-state index is 5.67. The van der Waals surface area contributed by atoms with Crippen molar-refractivity contribution in [3.05, 3.63) is 53.9 Å². The lowest BCUT2D eigenvalue weighted by molar-refractivity contribution is 0.306. The number of ether oxygens (including phenoxy) is 2. The molecule has 2 aliphatic heterocycles. The number of pyridine rings is 1. The second kappa shape index (κ2) is 6.59. The quantitative estimate of drug-likeness (QED) is 0.837. The highest BCUT2D eigenvalue weighted by molar-refractivity contribution is 8.14. The Labute approximate surface area is 152 Å². The normalized spacial score (nSPS) is 24.8. The summed E-state index contributed by atoms with van der Waals surface area (Å²) in [6, 6.07) is 12.1. The van der Waals surface area contributed by atoms with Crippen molar-refractivity contribution < 1.29 is 9.47 Å². The summed E-state index contributed by atoms with van der Waals surface area (Å²) < 4.78 is 11.0. The minimum absolute atomic E-state index is 0.0292. The minimum Gasteiger partial charge on any atom is -0.497 e. The molecule has 0 amide bonds. The van der Waals surface area contributed by atoms with Crippen molar-refractivity contribution in [2.75, 3.05) is 20.8 Å². The molecule has 0 bridgehead atoms. The Morgan fingerprint density at radius 1 is 1.16 bits per heavy atom. The van der Waals surface area contributed by atoms with Crippen LogP contribution < -0.4 is 9.47 Å². The predicted octanol–water partition coefficient (Wildman–Crippen LogP) is 3.69. The molecular weight excluding hydrogens is 334 g/mol. The Morgan fingerprint density at radius 2 is 2.04 bits per heavy atom. The molecule has 1 fully saturated rings. The summed E-state index contributed by atoms with van der Waals surface area (Å²) in [6.45, 7) is 3.22. The van der Waals surface area contributed by atoms with Crippen LogP contribution in [-0.2, 0) is 0 Å². The lowest BCUT2D eigenvalue weighted by Crippen LogP contribution is -2.28. The number of thioether (sulfide) groups is 1. The van der Waals surface area contributed by atoms with E-state index >= 15 is 0 Å². The molecule has 3 atom stereocenters. The molecule has 25 heavy (non-hydrogen) atoms. The number of fused-ring (bicyclic) bond motifs is 1. The Morgan fingerprint density at radius 3 is 2.76 bits per heavy atom. The van der Waals surface area contributed by atoms with Gasteiger partial charge in [0, 0.05) is 29.6 Å².